The summed E-state index contributed by atoms with van der Waals surface area (Å²) < 4.78 is 7.84. The van der Waals surface area contributed by atoms with Gasteiger partial charge in [-0.05, 0) is 56.3 Å². The van der Waals surface area contributed by atoms with Gasteiger partial charge in [-0.15, -0.1) is 0 Å². The van der Waals surface area contributed by atoms with Gasteiger partial charge in [-0.25, -0.2) is 9.78 Å². The number of nitrogens with zero attached hydrogens (tertiary/aromatic N) is 2. The van der Waals surface area contributed by atoms with Crippen LogP contribution in [0.15, 0.2) is 91.0 Å². The number of benzene rings is 4. The Morgan fingerprint density at radius 3 is 2.50 bits per heavy atom. The summed E-state index contributed by atoms with van der Waals surface area (Å²) in [5.74, 6) is -0.432. The molecule has 0 saturated carbocycles. The Hall–Kier alpha value is -4.91. The van der Waals surface area contributed by atoms with Crippen LogP contribution in [0.3, 0.4) is 0 Å². The monoisotopic (exact) mass is 502 g/mol. The number of amides is 1. The lowest BCUT2D eigenvalue weighted by molar-refractivity contribution is -0.123. The van der Waals surface area contributed by atoms with Gasteiger partial charge in [0.25, 0.3) is 5.91 Å². The summed E-state index contributed by atoms with van der Waals surface area (Å²) in [6.45, 7) is 4.53. The van der Waals surface area contributed by atoms with Gasteiger partial charge < -0.3 is 19.6 Å². The first-order chi connectivity index (χ1) is 18.5. The Balaban J connectivity index is 1.22. The van der Waals surface area contributed by atoms with Crippen molar-refractivity contribution in [2.24, 2.45) is 0 Å². The summed E-state index contributed by atoms with van der Waals surface area (Å²) in [4.78, 5) is 34.0. The van der Waals surface area contributed by atoms with Crippen molar-refractivity contribution in [2.75, 3.05) is 5.32 Å². The minimum atomic E-state index is -1.00. The molecule has 0 aliphatic heterocycles. The first-order valence-corrected chi connectivity index (χ1v) is 12.6. The van der Waals surface area contributed by atoms with Crippen molar-refractivity contribution in [2.45, 2.75) is 26.5 Å². The van der Waals surface area contributed by atoms with Gasteiger partial charge in [0.05, 0.1) is 16.6 Å². The van der Waals surface area contributed by atoms with Crippen molar-refractivity contribution in [3.05, 3.63) is 96.6 Å². The van der Waals surface area contributed by atoms with Gasteiger partial charge in [-0.3, -0.25) is 4.79 Å². The van der Waals surface area contributed by atoms with Crippen LogP contribution in [0.4, 0.5) is 5.69 Å². The van der Waals surface area contributed by atoms with E-state index in [4.69, 9.17) is 4.74 Å². The molecule has 2 N–H and O–H groups in total. The minimum Gasteiger partial charge on any atom is -0.449 e. The molecule has 7 heteroatoms. The predicted octanol–water partition coefficient (Wildman–Crippen LogP) is 6.54. The molecule has 4 aromatic carbocycles. The Kier molecular flexibility index (Phi) is 5.88. The van der Waals surface area contributed by atoms with Gasteiger partial charge in [0.2, 0.25) is 0 Å². The van der Waals surface area contributed by atoms with E-state index in [1.165, 1.54) is 0 Å². The molecule has 0 aliphatic rings. The number of aromatic nitrogens is 3. The number of aryl methyl sites for hydroxylation is 1. The second-order valence-corrected chi connectivity index (χ2v) is 9.18. The third-order valence-electron chi connectivity index (χ3n) is 6.80. The van der Waals surface area contributed by atoms with Crippen LogP contribution in [-0.2, 0) is 16.1 Å². The van der Waals surface area contributed by atoms with Crippen molar-refractivity contribution in [1.29, 1.82) is 0 Å². The molecule has 1 amide bonds. The Morgan fingerprint density at radius 2 is 1.66 bits per heavy atom. The fourth-order valence-electron chi connectivity index (χ4n) is 4.94. The number of ether oxygens (including phenoxy) is 1. The molecule has 1 unspecified atom stereocenters. The van der Waals surface area contributed by atoms with E-state index in [1.807, 2.05) is 60.7 Å². The van der Waals surface area contributed by atoms with E-state index in [2.05, 4.69) is 38.9 Å². The van der Waals surface area contributed by atoms with Gasteiger partial charge in [0.15, 0.2) is 6.10 Å². The third kappa shape index (κ3) is 4.08. The highest BCUT2D eigenvalue weighted by atomic mass is 16.5. The van der Waals surface area contributed by atoms with Gasteiger partial charge in [-0.1, -0.05) is 48.5 Å². The van der Waals surface area contributed by atoms with Crippen LogP contribution < -0.4 is 5.32 Å². The summed E-state index contributed by atoms with van der Waals surface area (Å²) in [6, 6.07) is 28.8. The van der Waals surface area contributed by atoms with Crippen LogP contribution >= 0.6 is 0 Å². The first kappa shape index (κ1) is 23.5. The minimum absolute atomic E-state index is 0.333. The van der Waals surface area contributed by atoms with E-state index >= 15 is 0 Å². The number of aromatic amines is 1. The third-order valence-corrected chi connectivity index (χ3v) is 6.80. The van der Waals surface area contributed by atoms with Crippen molar-refractivity contribution < 1.29 is 14.3 Å². The van der Waals surface area contributed by atoms with Crippen LogP contribution in [0.1, 0.15) is 24.2 Å². The zero-order chi connectivity index (χ0) is 26.2. The number of hydrogen-bond acceptors (Lipinski definition) is 4. The quantitative estimate of drug-likeness (QED) is 0.253. The first-order valence-electron chi connectivity index (χ1n) is 12.6. The van der Waals surface area contributed by atoms with E-state index in [0.29, 0.717) is 22.6 Å². The normalized spacial score (nSPS) is 12.2. The molecule has 2 aromatic heterocycles. The molecule has 6 rings (SSSR count). The highest BCUT2D eigenvalue weighted by Crippen LogP contribution is 2.31. The maximum atomic E-state index is 13.1. The lowest BCUT2D eigenvalue weighted by Gasteiger charge is -2.15. The van der Waals surface area contributed by atoms with Crippen LogP contribution in [0, 0.1) is 0 Å². The Labute approximate surface area is 219 Å². The van der Waals surface area contributed by atoms with Gasteiger partial charge >= 0.3 is 5.97 Å². The maximum Gasteiger partial charge on any atom is 0.339 e. The average molecular weight is 503 g/mol. The fourth-order valence-corrected chi connectivity index (χ4v) is 4.94. The largest absolute Gasteiger partial charge is 0.449 e. The molecular formula is C31H26N4O3. The topological polar surface area (TPSA) is 89.0 Å². The standard InChI is InChI=1S/C31H26N4O3/c1-3-35-27-15-9-6-10-21(27)24-18-20(16-17-28(24)35)32-30(36)19(2)38-31(37)23-12-5-4-11-22(23)29-33-25-13-7-8-14-26(25)34-29/h4-19H,3H2,1-2H3,(H,32,36)(H,33,34). The summed E-state index contributed by atoms with van der Waals surface area (Å²) >= 11 is 0. The van der Waals surface area contributed by atoms with Crippen molar-refractivity contribution in [3.63, 3.8) is 0 Å². The second kappa shape index (κ2) is 9.52. The van der Waals surface area contributed by atoms with Crippen LogP contribution in [0.2, 0.25) is 0 Å². The fraction of sp³-hybridized carbons (Fsp3) is 0.129. The highest BCUT2D eigenvalue weighted by molar-refractivity contribution is 6.10. The molecule has 0 saturated heterocycles. The number of esters is 1. The SMILES string of the molecule is CCn1c2ccccc2c2cc(NC(=O)C(C)OC(=O)c3ccccc3-c3nc4ccccc4[nH]3)ccc21. The van der Waals surface area contributed by atoms with E-state index in [-0.39, 0.29) is 0 Å². The number of anilines is 1. The highest BCUT2D eigenvalue weighted by Gasteiger charge is 2.23. The van der Waals surface area contributed by atoms with E-state index in [1.54, 1.807) is 25.1 Å². The van der Waals surface area contributed by atoms with Crippen molar-refractivity contribution in [3.8, 4) is 11.4 Å². The average Bonchev–Trinajstić information content (AvgIpc) is 3.52. The lowest BCUT2D eigenvalue weighted by atomic mass is 10.1. The zero-order valence-corrected chi connectivity index (χ0v) is 21.1. The predicted molar refractivity (Wildman–Crippen MR) is 150 cm³/mol. The van der Waals surface area contributed by atoms with Crippen LogP contribution in [0.25, 0.3) is 44.2 Å². The number of carbonyl (C=O) groups excluding carboxylic acids is 2. The van der Waals surface area contributed by atoms with Gasteiger partial charge in [0, 0.05) is 39.6 Å². The summed E-state index contributed by atoms with van der Waals surface area (Å²) in [5, 5.41) is 5.09. The van der Waals surface area contributed by atoms with E-state index in [9.17, 15) is 9.59 Å². The Bertz CT molecular complexity index is 1800. The van der Waals surface area contributed by atoms with E-state index < -0.39 is 18.0 Å². The molecule has 7 nitrogen and oxygen atoms in total. The molecule has 0 spiro atoms. The molecule has 1 atom stereocenters. The number of para-hydroxylation sites is 3. The molecule has 0 bridgehead atoms. The van der Waals surface area contributed by atoms with Crippen molar-refractivity contribution in [1.82, 2.24) is 14.5 Å². The smallest absolute Gasteiger partial charge is 0.339 e. The summed E-state index contributed by atoms with van der Waals surface area (Å²) in [7, 11) is 0. The molecule has 0 fully saturated rings. The van der Waals surface area contributed by atoms with E-state index in [0.717, 1.165) is 39.4 Å². The number of carbonyl (C=O) groups is 2. The van der Waals surface area contributed by atoms with Crippen LogP contribution in [-0.4, -0.2) is 32.5 Å². The molecular weight excluding hydrogens is 476 g/mol. The summed E-state index contributed by atoms with van der Waals surface area (Å²) in [5.41, 5.74) is 5.52. The molecule has 0 radical (unpaired) electrons. The number of H-pyrrole nitrogens is 1. The number of hydrogen-bond donors (Lipinski definition) is 2. The number of fused-ring (bicyclic) bond motifs is 4. The number of nitrogens with one attached hydrogen (secondary N) is 2. The lowest BCUT2D eigenvalue weighted by Crippen LogP contribution is -2.30. The second-order valence-electron chi connectivity index (χ2n) is 9.18. The summed E-state index contributed by atoms with van der Waals surface area (Å²) in [6.07, 6.45) is -1.00. The van der Waals surface area contributed by atoms with Gasteiger partial charge in [0.1, 0.15) is 5.82 Å². The molecule has 0 aliphatic carbocycles. The molecule has 2 heterocycles. The maximum absolute atomic E-state index is 13.1. The number of rotatable bonds is 6. The number of imidazole rings is 1. The van der Waals surface area contributed by atoms with Crippen LogP contribution in [0.5, 0.6) is 0 Å². The molecule has 38 heavy (non-hydrogen) atoms. The molecule has 6 aromatic rings. The van der Waals surface area contributed by atoms with Gasteiger partial charge in [-0.2, -0.15) is 0 Å². The molecule has 188 valence electrons. The Morgan fingerprint density at radius 1 is 0.921 bits per heavy atom. The van der Waals surface area contributed by atoms with Crippen molar-refractivity contribution >= 4 is 50.4 Å². The zero-order valence-electron chi connectivity index (χ0n) is 21.1.